The maximum atomic E-state index is 5.37. The van der Waals surface area contributed by atoms with Gasteiger partial charge in [-0.1, -0.05) is 6.07 Å². The predicted octanol–water partition coefficient (Wildman–Crippen LogP) is 2.05. The molecule has 0 bridgehead atoms. The molecule has 0 atom stereocenters. The summed E-state index contributed by atoms with van der Waals surface area (Å²) in [4.78, 5) is 2.37. The highest BCUT2D eigenvalue weighted by Crippen LogP contribution is 2.28. The Morgan fingerprint density at radius 3 is 2.76 bits per heavy atom. The first kappa shape index (κ1) is 12.9. The van der Waals surface area contributed by atoms with E-state index in [4.69, 9.17) is 4.74 Å². The lowest BCUT2D eigenvalue weighted by Crippen LogP contribution is -2.36. The molecule has 0 saturated carbocycles. The summed E-state index contributed by atoms with van der Waals surface area (Å²) >= 11 is 3.67. The largest absolute Gasteiger partial charge is 0.378 e. The predicted molar refractivity (Wildman–Crippen MR) is 74.8 cm³/mol. The Bertz CT molecular complexity index is 364. The molecule has 3 nitrogen and oxygen atoms in total. The van der Waals surface area contributed by atoms with Crippen LogP contribution in [0, 0.1) is 0 Å². The van der Waals surface area contributed by atoms with Crippen LogP contribution in [0.15, 0.2) is 22.7 Å². The van der Waals surface area contributed by atoms with Crippen LogP contribution in [-0.4, -0.2) is 39.9 Å². The van der Waals surface area contributed by atoms with E-state index in [-0.39, 0.29) is 0 Å². The van der Waals surface area contributed by atoms with E-state index in [1.165, 1.54) is 15.7 Å². The fraction of sp³-hybridized carbons (Fsp3) is 0.538. The van der Waals surface area contributed by atoms with E-state index in [9.17, 15) is 0 Å². The van der Waals surface area contributed by atoms with Crippen molar-refractivity contribution in [3.8, 4) is 0 Å². The van der Waals surface area contributed by atoms with E-state index < -0.39 is 0 Å². The molecule has 4 heteroatoms. The molecule has 0 aliphatic carbocycles. The third-order valence-corrected chi connectivity index (χ3v) is 3.66. The van der Waals surface area contributed by atoms with Crippen LogP contribution in [0.5, 0.6) is 0 Å². The van der Waals surface area contributed by atoms with Gasteiger partial charge in [-0.15, -0.1) is 0 Å². The number of halogens is 1. The lowest BCUT2D eigenvalue weighted by atomic mass is 10.1. The van der Waals surface area contributed by atoms with E-state index in [0.29, 0.717) is 0 Å². The molecule has 0 amide bonds. The van der Waals surface area contributed by atoms with E-state index >= 15 is 0 Å². The molecular formula is C13H19BrN2O. The topological polar surface area (TPSA) is 24.5 Å². The average Bonchev–Trinajstić information content (AvgIpc) is 2.37. The lowest BCUT2D eigenvalue weighted by molar-refractivity contribution is 0.122. The molecular weight excluding hydrogens is 280 g/mol. The zero-order valence-corrected chi connectivity index (χ0v) is 11.8. The van der Waals surface area contributed by atoms with Gasteiger partial charge in [-0.2, -0.15) is 0 Å². The molecule has 1 saturated heterocycles. The van der Waals surface area contributed by atoms with Crippen molar-refractivity contribution in [3.63, 3.8) is 0 Å². The second-order valence-electron chi connectivity index (χ2n) is 4.24. The first-order valence-electron chi connectivity index (χ1n) is 6.07. The first-order chi connectivity index (χ1) is 8.31. The summed E-state index contributed by atoms with van der Waals surface area (Å²) in [5.41, 5.74) is 2.64. The normalized spacial score (nSPS) is 16.2. The molecule has 0 spiro atoms. The van der Waals surface area contributed by atoms with Gasteiger partial charge in [-0.05, 0) is 53.6 Å². The monoisotopic (exact) mass is 298 g/mol. The molecule has 1 aromatic rings. The number of nitrogens with one attached hydrogen (secondary N) is 1. The smallest absolute Gasteiger partial charge is 0.0642 e. The van der Waals surface area contributed by atoms with Crippen molar-refractivity contribution in [2.75, 3.05) is 44.8 Å². The van der Waals surface area contributed by atoms with Gasteiger partial charge >= 0.3 is 0 Å². The van der Waals surface area contributed by atoms with Crippen molar-refractivity contribution >= 4 is 21.6 Å². The van der Waals surface area contributed by atoms with Crippen molar-refractivity contribution in [2.45, 2.75) is 6.42 Å². The zero-order valence-electron chi connectivity index (χ0n) is 10.2. The highest BCUT2D eigenvalue weighted by molar-refractivity contribution is 9.10. The standard InChI is InChI=1S/C13H19BrN2O/c1-15-5-4-11-2-3-13(12(14)10-11)16-6-8-17-9-7-16/h2-3,10,15H,4-9H2,1H3. The van der Waals surface area contributed by atoms with Crippen LogP contribution in [0.4, 0.5) is 5.69 Å². The van der Waals surface area contributed by atoms with Gasteiger partial charge in [0, 0.05) is 17.6 Å². The van der Waals surface area contributed by atoms with Crippen molar-refractivity contribution in [3.05, 3.63) is 28.2 Å². The molecule has 0 aromatic heterocycles. The Morgan fingerprint density at radius 1 is 1.35 bits per heavy atom. The maximum Gasteiger partial charge on any atom is 0.0642 e. The number of benzene rings is 1. The molecule has 0 unspecified atom stereocenters. The molecule has 94 valence electrons. The van der Waals surface area contributed by atoms with E-state index in [1.807, 2.05) is 7.05 Å². The number of nitrogens with zero attached hydrogens (tertiary/aromatic N) is 1. The molecule has 1 aliphatic heterocycles. The minimum atomic E-state index is 0.827. The Kier molecular flexibility index (Phi) is 4.83. The number of anilines is 1. The number of ether oxygens (including phenoxy) is 1. The van der Waals surface area contributed by atoms with E-state index in [2.05, 4.69) is 44.3 Å². The van der Waals surface area contributed by atoms with Crippen LogP contribution in [0.25, 0.3) is 0 Å². The second-order valence-corrected chi connectivity index (χ2v) is 5.09. The summed E-state index contributed by atoms with van der Waals surface area (Å²) in [6.45, 7) is 4.63. The Morgan fingerprint density at radius 2 is 2.12 bits per heavy atom. The number of morpholine rings is 1. The van der Waals surface area contributed by atoms with Gasteiger partial charge in [0.05, 0.1) is 18.9 Å². The van der Waals surface area contributed by atoms with Gasteiger partial charge in [-0.25, -0.2) is 0 Å². The third-order valence-electron chi connectivity index (χ3n) is 3.03. The molecule has 0 radical (unpaired) electrons. The molecule has 2 rings (SSSR count). The number of hydrogen-bond donors (Lipinski definition) is 1. The van der Waals surface area contributed by atoms with E-state index in [0.717, 1.165) is 39.3 Å². The van der Waals surface area contributed by atoms with Crippen LogP contribution in [0.2, 0.25) is 0 Å². The van der Waals surface area contributed by atoms with Crippen molar-refractivity contribution in [1.82, 2.24) is 5.32 Å². The molecule has 1 heterocycles. The fourth-order valence-electron chi connectivity index (χ4n) is 2.04. The number of likely N-dealkylation sites (N-methyl/N-ethyl adjacent to an activating group) is 1. The summed E-state index contributed by atoms with van der Waals surface area (Å²) in [5, 5.41) is 3.17. The van der Waals surface area contributed by atoms with Gasteiger partial charge in [0.1, 0.15) is 0 Å². The molecule has 1 N–H and O–H groups in total. The Labute approximate surface area is 111 Å². The van der Waals surface area contributed by atoms with Crippen LogP contribution in [0.3, 0.4) is 0 Å². The van der Waals surface area contributed by atoms with Crippen molar-refractivity contribution in [1.29, 1.82) is 0 Å². The quantitative estimate of drug-likeness (QED) is 0.921. The first-order valence-corrected chi connectivity index (χ1v) is 6.86. The SMILES string of the molecule is CNCCc1ccc(N2CCOCC2)c(Br)c1. The third kappa shape index (κ3) is 3.44. The van der Waals surface area contributed by atoms with Gasteiger partial charge in [0.25, 0.3) is 0 Å². The number of rotatable bonds is 4. The number of hydrogen-bond acceptors (Lipinski definition) is 3. The lowest BCUT2D eigenvalue weighted by Gasteiger charge is -2.29. The van der Waals surface area contributed by atoms with Crippen molar-refractivity contribution in [2.24, 2.45) is 0 Å². The van der Waals surface area contributed by atoms with Crippen LogP contribution >= 0.6 is 15.9 Å². The highest BCUT2D eigenvalue weighted by atomic mass is 79.9. The summed E-state index contributed by atoms with van der Waals surface area (Å²) in [6.07, 6.45) is 1.07. The van der Waals surface area contributed by atoms with Crippen LogP contribution < -0.4 is 10.2 Å². The molecule has 1 aromatic carbocycles. The van der Waals surface area contributed by atoms with Gasteiger partial charge in [0.15, 0.2) is 0 Å². The van der Waals surface area contributed by atoms with Crippen LogP contribution in [-0.2, 0) is 11.2 Å². The fourth-order valence-corrected chi connectivity index (χ4v) is 2.71. The minimum absolute atomic E-state index is 0.827. The zero-order chi connectivity index (χ0) is 12.1. The summed E-state index contributed by atoms with van der Waals surface area (Å²) in [7, 11) is 1.98. The molecule has 17 heavy (non-hydrogen) atoms. The second kappa shape index (κ2) is 6.38. The Balaban J connectivity index is 2.07. The van der Waals surface area contributed by atoms with Crippen LogP contribution in [0.1, 0.15) is 5.56 Å². The van der Waals surface area contributed by atoms with Crippen molar-refractivity contribution < 1.29 is 4.74 Å². The average molecular weight is 299 g/mol. The van der Waals surface area contributed by atoms with Gasteiger partial charge in [0.2, 0.25) is 0 Å². The summed E-state index contributed by atoms with van der Waals surface area (Å²) in [6, 6.07) is 6.65. The molecule has 1 aliphatic rings. The Hall–Kier alpha value is -0.580. The van der Waals surface area contributed by atoms with Gasteiger partial charge in [-0.3, -0.25) is 0 Å². The summed E-state index contributed by atoms with van der Waals surface area (Å²) in [5.74, 6) is 0. The highest BCUT2D eigenvalue weighted by Gasteiger charge is 2.13. The summed E-state index contributed by atoms with van der Waals surface area (Å²) < 4.78 is 6.56. The minimum Gasteiger partial charge on any atom is -0.378 e. The maximum absolute atomic E-state index is 5.37. The van der Waals surface area contributed by atoms with Gasteiger partial charge < -0.3 is 15.0 Å². The van der Waals surface area contributed by atoms with E-state index in [1.54, 1.807) is 0 Å². The molecule has 1 fully saturated rings.